The number of ether oxygens (including phenoxy) is 1. The molecule has 1 heterocycles. The number of hydrogen-bond acceptors (Lipinski definition) is 2. The Bertz CT molecular complexity index is 183. The van der Waals surface area contributed by atoms with Crippen LogP contribution in [0.2, 0.25) is 0 Å². The summed E-state index contributed by atoms with van der Waals surface area (Å²) in [7, 11) is 0. The maximum absolute atomic E-state index is 5.63. The Labute approximate surface area is 100 Å². The average Bonchev–Trinajstić information content (AvgIpc) is 2.96. The summed E-state index contributed by atoms with van der Waals surface area (Å²) in [5.74, 6) is 0.947. The molecule has 2 nitrogen and oxygen atoms in total. The molecule has 2 atom stereocenters. The van der Waals surface area contributed by atoms with E-state index in [1.807, 2.05) is 0 Å². The first-order valence-electron chi connectivity index (χ1n) is 7.21. The molecular formula is C14H27NO. The molecule has 0 spiro atoms. The van der Waals surface area contributed by atoms with Crippen LogP contribution in [0.25, 0.3) is 0 Å². The number of rotatable bonds is 6. The lowest BCUT2D eigenvalue weighted by Crippen LogP contribution is -2.33. The summed E-state index contributed by atoms with van der Waals surface area (Å²) in [4.78, 5) is 0. The van der Waals surface area contributed by atoms with Crippen LogP contribution >= 0.6 is 0 Å². The van der Waals surface area contributed by atoms with Crippen molar-refractivity contribution >= 4 is 0 Å². The van der Waals surface area contributed by atoms with Gasteiger partial charge >= 0.3 is 0 Å². The van der Waals surface area contributed by atoms with E-state index in [9.17, 15) is 0 Å². The van der Waals surface area contributed by atoms with Gasteiger partial charge in [-0.1, -0.05) is 12.8 Å². The van der Waals surface area contributed by atoms with Crippen molar-refractivity contribution in [2.75, 3.05) is 13.2 Å². The average molecular weight is 225 g/mol. The molecule has 1 saturated heterocycles. The fraction of sp³-hybridized carbons (Fsp3) is 1.00. The zero-order chi connectivity index (χ0) is 11.2. The van der Waals surface area contributed by atoms with E-state index in [2.05, 4.69) is 12.2 Å². The van der Waals surface area contributed by atoms with Crippen molar-refractivity contribution < 1.29 is 4.74 Å². The van der Waals surface area contributed by atoms with Gasteiger partial charge in [0.2, 0.25) is 0 Å². The molecule has 0 bridgehead atoms. The Kier molecular flexibility index (Phi) is 5.11. The third-order valence-corrected chi connectivity index (χ3v) is 4.30. The molecule has 2 heteroatoms. The molecule has 2 aliphatic rings. The lowest BCUT2D eigenvalue weighted by Gasteiger charge is -2.20. The van der Waals surface area contributed by atoms with E-state index < -0.39 is 0 Å². The first-order valence-corrected chi connectivity index (χ1v) is 7.21. The van der Waals surface area contributed by atoms with E-state index in [1.165, 1.54) is 57.9 Å². The second-order valence-electron chi connectivity index (χ2n) is 5.56. The van der Waals surface area contributed by atoms with Gasteiger partial charge in [0.15, 0.2) is 0 Å². The highest BCUT2D eigenvalue weighted by atomic mass is 16.5. The zero-order valence-corrected chi connectivity index (χ0v) is 10.7. The second kappa shape index (κ2) is 6.61. The first-order chi connectivity index (χ1) is 7.86. The Morgan fingerprint density at radius 3 is 2.69 bits per heavy atom. The van der Waals surface area contributed by atoms with Gasteiger partial charge < -0.3 is 10.1 Å². The maximum Gasteiger partial charge on any atom is 0.0576 e. The van der Waals surface area contributed by atoms with Crippen LogP contribution in [-0.2, 0) is 4.74 Å². The van der Waals surface area contributed by atoms with Gasteiger partial charge in [0, 0.05) is 12.6 Å². The highest BCUT2D eigenvalue weighted by Crippen LogP contribution is 2.27. The number of hydrogen-bond donors (Lipinski definition) is 1. The zero-order valence-electron chi connectivity index (χ0n) is 10.7. The van der Waals surface area contributed by atoms with Crippen molar-refractivity contribution in [1.29, 1.82) is 0 Å². The third-order valence-electron chi connectivity index (χ3n) is 4.30. The van der Waals surface area contributed by atoms with Crippen LogP contribution in [0.1, 0.15) is 58.3 Å². The summed E-state index contributed by atoms with van der Waals surface area (Å²) in [6.45, 7) is 4.54. The van der Waals surface area contributed by atoms with Crippen LogP contribution in [-0.4, -0.2) is 25.3 Å². The molecule has 0 radical (unpaired) electrons. The van der Waals surface area contributed by atoms with E-state index in [1.54, 1.807) is 0 Å². The molecule has 1 aliphatic carbocycles. The normalized spacial score (nSPS) is 28.7. The van der Waals surface area contributed by atoms with Gasteiger partial charge in [-0.05, 0) is 57.9 Å². The topological polar surface area (TPSA) is 21.3 Å². The van der Waals surface area contributed by atoms with Crippen LogP contribution in [0.4, 0.5) is 0 Å². The van der Waals surface area contributed by atoms with Crippen molar-refractivity contribution in [2.24, 2.45) is 5.92 Å². The van der Waals surface area contributed by atoms with Gasteiger partial charge in [0.25, 0.3) is 0 Å². The lowest BCUT2D eigenvalue weighted by atomic mass is 9.99. The van der Waals surface area contributed by atoms with E-state index >= 15 is 0 Å². The van der Waals surface area contributed by atoms with Crippen LogP contribution in [0.15, 0.2) is 0 Å². The largest absolute Gasteiger partial charge is 0.378 e. The van der Waals surface area contributed by atoms with Crippen molar-refractivity contribution in [3.8, 4) is 0 Å². The Hall–Kier alpha value is -0.0800. The monoisotopic (exact) mass is 225 g/mol. The Morgan fingerprint density at radius 2 is 2.00 bits per heavy atom. The minimum absolute atomic E-state index is 0.573. The molecule has 2 fully saturated rings. The van der Waals surface area contributed by atoms with Crippen LogP contribution in [0.3, 0.4) is 0 Å². The van der Waals surface area contributed by atoms with Gasteiger partial charge in [0.05, 0.1) is 6.10 Å². The van der Waals surface area contributed by atoms with E-state index in [4.69, 9.17) is 4.74 Å². The predicted octanol–water partition coefficient (Wildman–Crippen LogP) is 3.11. The summed E-state index contributed by atoms with van der Waals surface area (Å²) in [5, 5.41) is 3.69. The molecule has 1 N–H and O–H groups in total. The predicted molar refractivity (Wildman–Crippen MR) is 67.6 cm³/mol. The summed E-state index contributed by atoms with van der Waals surface area (Å²) < 4.78 is 5.63. The van der Waals surface area contributed by atoms with Crippen LogP contribution < -0.4 is 5.32 Å². The van der Waals surface area contributed by atoms with E-state index in [0.29, 0.717) is 6.10 Å². The van der Waals surface area contributed by atoms with Gasteiger partial charge in [-0.2, -0.15) is 0 Å². The molecule has 2 rings (SSSR count). The molecule has 0 aromatic rings. The quantitative estimate of drug-likeness (QED) is 0.701. The molecule has 0 amide bonds. The Balaban J connectivity index is 1.50. The molecule has 0 aromatic carbocycles. The highest BCUT2D eigenvalue weighted by molar-refractivity contribution is 4.77. The first kappa shape index (κ1) is 12.4. The highest BCUT2D eigenvalue weighted by Gasteiger charge is 2.21. The molecule has 16 heavy (non-hydrogen) atoms. The fourth-order valence-electron chi connectivity index (χ4n) is 3.16. The van der Waals surface area contributed by atoms with Crippen molar-refractivity contribution in [3.63, 3.8) is 0 Å². The minimum Gasteiger partial charge on any atom is -0.378 e. The minimum atomic E-state index is 0.573. The maximum atomic E-state index is 5.63. The molecule has 2 unspecified atom stereocenters. The van der Waals surface area contributed by atoms with E-state index in [-0.39, 0.29) is 0 Å². The van der Waals surface area contributed by atoms with Gasteiger partial charge in [-0.3, -0.25) is 0 Å². The molecule has 0 aromatic heterocycles. The fourth-order valence-corrected chi connectivity index (χ4v) is 3.16. The summed E-state index contributed by atoms with van der Waals surface area (Å²) in [6.07, 6.45) is 11.5. The van der Waals surface area contributed by atoms with E-state index in [0.717, 1.165) is 18.6 Å². The van der Waals surface area contributed by atoms with Gasteiger partial charge in [0.1, 0.15) is 0 Å². The van der Waals surface area contributed by atoms with Gasteiger partial charge in [-0.15, -0.1) is 0 Å². The lowest BCUT2D eigenvalue weighted by molar-refractivity contribution is 0.102. The van der Waals surface area contributed by atoms with Crippen molar-refractivity contribution in [1.82, 2.24) is 5.32 Å². The van der Waals surface area contributed by atoms with Crippen molar-refractivity contribution in [2.45, 2.75) is 70.4 Å². The second-order valence-corrected chi connectivity index (χ2v) is 5.56. The molecule has 1 saturated carbocycles. The number of nitrogens with one attached hydrogen (secondary N) is 1. The van der Waals surface area contributed by atoms with Crippen LogP contribution in [0.5, 0.6) is 0 Å². The molecule has 94 valence electrons. The van der Waals surface area contributed by atoms with Crippen LogP contribution in [0, 0.1) is 5.92 Å². The summed E-state index contributed by atoms with van der Waals surface area (Å²) in [6, 6.07) is 0.729. The SMILES string of the molecule is CC(NCCCC1CCCO1)C1CCCC1. The van der Waals surface area contributed by atoms with Crippen molar-refractivity contribution in [3.05, 3.63) is 0 Å². The van der Waals surface area contributed by atoms with Gasteiger partial charge in [-0.25, -0.2) is 0 Å². The molecule has 1 aliphatic heterocycles. The standard InChI is InChI=1S/C14H27NO/c1-12(13-6-2-3-7-13)15-10-4-8-14-9-5-11-16-14/h12-15H,2-11H2,1H3. The summed E-state index contributed by atoms with van der Waals surface area (Å²) in [5.41, 5.74) is 0. The summed E-state index contributed by atoms with van der Waals surface area (Å²) >= 11 is 0. The smallest absolute Gasteiger partial charge is 0.0576 e. The molecular weight excluding hydrogens is 198 g/mol. The Morgan fingerprint density at radius 1 is 1.19 bits per heavy atom. The third kappa shape index (κ3) is 3.74.